The van der Waals surface area contributed by atoms with E-state index >= 15 is 0 Å². The molecule has 0 spiro atoms. The number of benzene rings is 4. The molecule has 0 saturated carbocycles. The van der Waals surface area contributed by atoms with E-state index in [1.165, 1.54) is 0 Å². The number of fused-ring (bicyclic) bond motifs is 2. The molecule has 1 N–H and O–H groups in total. The van der Waals surface area contributed by atoms with Gasteiger partial charge in [0.25, 0.3) is 0 Å². The largest absolute Gasteiger partial charge is 0.496 e. The summed E-state index contributed by atoms with van der Waals surface area (Å²) >= 11 is 0. The lowest BCUT2D eigenvalue weighted by atomic mass is 10.1. The molecule has 4 aromatic heterocycles. The number of aromatic nitrogens is 8. The number of anilines is 2. The second-order valence-corrected chi connectivity index (χ2v) is 12.8. The van der Waals surface area contributed by atoms with Gasteiger partial charge < -0.3 is 28.5 Å². The first-order valence-electron chi connectivity index (χ1n) is 17.6. The summed E-state index contributed by atoms with van der Waals surface area (Å²) < 4.78 is 22.0. The fraction of sp³-hybridized carbons (Fsp3) is 0.220. The van der Waals surface area contributed by atoms with Crippen molar-refractivity contribution < 1.29 is 18.3 Å². The van der Waals surface area contributed by atoms with Crippen molar-refractivity contribution >= 4 is 33.4 Å². The van der Waals surface area contributed by atoms with Crippen LogP contribution < -0.4 is 19.7 Å². The molecule has 55 heavy (non-hydrogen) atoms. The number of rotatable bonds is 10. The Bertz CT molecular complexity index is 2600. The maximum absolute atomic E-state index is 5.53. The molecule has 0 unspecified atom stereocenters. The lowest BCUT2D eigenvalue weighted by molar-refractivity contribution is 0.416. The van der Waals surface area contributed by atoms with E-state index < -0.39 is 0 Å². The molecular formula is C41H40N10O4. The number of nitrogens with zero attached hydrogens (tertiary/aromatic N) is 9. The first kappa shape index (κ1) is 36.4. The van der Waals surface area contributed by atoms with Gasteiger partial charge in [-0.3, -0.25) is 0 Å². The van der Waals surface area contributed by atoms with Gasteiger partial charge in [0.2, 0.25) is 23.6 Å². The Balaban J connectivity index is 0.000000169. The molecule has 0 atom stereocenters. The van der Waals surface area contributed by atoms with Gasteiger partial charge in [-0.15, -0.1) is 20.4 Å². The summed E-state index contributed by atoms with van der Waals surface area (Å²) in [5.41, 5.74) is 5.68. The number of hydrogen-bond acceptors (Lipinski definition) is 14. The summed E-state index contributed by atoms with van der Waals surface area (Å²) in [7, 11) is 5.24. The normalized spacial score (nSPS) is 11.0. The number of aryl methyl sites for hydroxylation is 4. The van der Waals surface area contributed by atoms with E-state index in [0.29, 0.717) is 54.1 Å². The fourth-order valence-electron chi connectivity index (χ4n) is 6.04. The summed E-state index contributed by atoms with van der Waals surface area (Å²) in [5.74, 6) is 6.28. The van der Waals surface area contributed by atoms with Crippen molar-refractivity contribution in [1.82, 2.24) is 40.3 Å². The lowest BCUT2D eigenvalue weighted by Crippen LogP contribution is -2.19. The van der Waals surface area contributed by atoms with Crippen LogP contribution in [0.2, 0.25) is 0 Å². The number of hydrogen-bond donors (Lipinski definition) is 1. The summed E-state index contributed by atoms with van der Waals surface area (Å²) in [5, 5.41) is 21.1. The number of methoxy groups -OCH3 is 2. The quantitative estimate of drug-likeness (QED) is 0.144. The van der Waals surface area contributed by atoms with Gasteiger partial charge in [0.15, 0.2) is 11.6 Å². The summed E-state index contributed by atoms with van der Waals surface area (Å²) in [6, 6.07) is 27.7. The van der Waals surface area contributed by atoms with Gasteiger partial charge in [-0.25, -0.2) is 19.9 Å². The summed E-state index contributed by atoms with van der Waals surface area (Å²) in [6.45, 7) is 8.46. The Labute approximate surface area is 317 Å². The molecule has 0 aliphatic carbocycles. The zero-order valence-corrected chi connectivity index (χ0v) is 31.7. The Morgan fingerprint density at radius 2 is 1.13 bits per heavy atom. The van der Waals surface area contributed by atoms with Crippen LogP contribution in [0.25, 0.3) is 44.6 Å². The second kappa shape index (κ2) is 16.0. The van der Waals surface area contributed by atoms with Crippen molar-refractivity contribution in [2.24, 2.45) is 0 Å². The van der Waals surface area contributed by atoms with Crippen LogP contribution in [0.4, 0.5) is 11.6 Å². The van der Waals surface area contributed by atoms with Crippen LogP contribution in [0.3, 0.4) is 0 Å². The van der Waals surface area contributed by atoms with Crippen LogP contribution in [0, 0.1) is 27.7 Å². The van der Waals surface area contributed by atoms with E-state index in [1.54, 1.807) is 28.1 Å². The van der Waals surface area contributed by atoms with E-state index in [1.807, 2.05) is 91.7 Å². The van der Waals surface area contributed by atoms with Gasteiger partial charge >= 0.3 is 0 Å². The average Bonchev–Trinajstić information content (AvgIpc) is 3.82. The number of nitrogens with one attached hydrogen (secondary N) is 1. The third-order valence-electron chi connectivity index (χ3n) is 8.66. The molecule has 0 fully saturated rings. The lowest BCUT2D eigenvalue weighted by Gasteiger charge is -2.19. The molecule has 0 amide bonds. The van der Waals surface area contributed by atoms with Gasteiger partial charge in [0.05, 0.1) is 49.5 Å². The highest BCUT2D eigenvalue weighted by molar-refractivity contribution is 5.92. The molecule has 0 aliphatic rings. The first-order chi connectivity index (χ1) is 26.7. The number of para-hydroxylation sites is 2. The van der Waals surface area contributed by atoms with Gasteiger partial charge in [-0.05, 0) is 73.5 Å². The van der Waals surface area contributed by atoms with Crippen molar-refractivity contribution in [1.29, 1.82) is 0 Å². The van der Waals surface area contributed by atoms with Crippen LogP contribution in [-0.4, -0.2) is 61.6 Å². The second-order valence-electron chi connectivity index (χ2n) is 12.8. The molecule has 0 bridgehead atoms. The highest BCUT2D eigenvalue weighted by atomic mass is 16.5. The molecular weight excluding hydrogens is 697 g/mol. The molecule has 8 rings (SSSR count). The van der Waals surface area contributed by atoms with Crippen molar-refractivity contribution in [3.63, 3.8) is 0 Å². The first-order valence-corrected chi connectivity index (χ1v) is 17.6. The number of ether oxygens (including phenoxy) is 2. The van der Waals surface area contributed by atoms with Gasteiger partial charge in [-0.1, -0.05) is 36.4 Å². The van der Waals surface area contributed by atoms with E-state index in [0.717, 1.165) is 61.4 Å². The fourth-order valence-corrected chi connectivity index (χ4v) is 6.04. The Morgan fingerprint density at radius 3 is 1.69 bits per heavy atom. The van der Waals surface area contributed by atoms with E-state index in [2.05, 4.69) is 44.8 Å². The van der Waals surface area contributed by atoms with E-state index in [9.17, 15) is 0 Å². The molecule has 0 saturated heterocycles. The molecule has 278 valence electrons. The molecule has 14 heteroatoms. The van der Waals surface area contributed by atoms with E-state index in [4.69, 9.17) is 38.2 Å². The van der Waals surface area contributed by atoms with Gasteiger partial charge in [0.1, 0.15) is 23.1 Å². The predicted octanol–water partition coefficient (Wildman–Crippen LogP) is 7.86. The molecule has 0 aliphatic heterocycles. The third-order valence-corrected chi connectivity index (χ3v) is 8.66. The highest BCUT2D eigenvalue weighted by Crippen LogP contribution is 2.33. The summed E-state index contributed by atoms with van der Waals surface area (Å²) in [4.78, 5) is 21.1. The maximum atomic E-state index is 5.53. The predicted molar refractivity (Wildman–Crippen MR) is 210 cm³/mol. The zero-order valence-electron chi connectivity index (χ0n) is 31.7. The minimum Gasteiger partial charge on any atom is -0.496 e. The monoisotopic (exact) mass is 736 g/mol. The Morgan fingerprint density at radius 1 is 0.600 bits per heavy atom. The molecule has 4 aromatic carbocycles. The van der Waals surface area contributed by atoms with Crippen molar-refractivity contribution in [2.75, 3.05) is 31.5 Å². The Kier molecular flexibility index (Phi) is 10.6. The van der Waals surface area contributed by atoms with Crippen LogP contribution in [0.5, 0.6) is 11.5 Å². The van der Waals surface area contributed by atoms with Crippen LogP contribution >= 0.6 is 0 Å². The van der Waals surface area contributed by atoms with Crippen LogP contribution in [0.1, 0.15) is 34.7 Å². The van der Waals surface area contributed by atoms with Crippen molar-refractivity contribution in [3.8, 4) is 34.3 Å². The average molecular weight is 737 g/mol. The summed E-state index contributed by atoms with van der Waals surface area (Å²) in [6.07, 6.45) is 0. The SMILES string of the molecule is COc1ccccc1-c1nc(N(C)Cc2nnc(C)o2)c2ccc(C)cc2n1.COc1ccccc1-c1nc(NCc2nnc(C)o2)c2ccc(C)cc2n1. The van der Waals surface area contributed by atoms with Crippen LogP contribution in [0.15, 0.2) is 93.8 Å². The zero-order chi connectivity index (χ0) is 38.5. The highest BCUT2D eigenvalue weighted by Gasteiger charge is 2.18. The van der Waals surface area contributed by atoms with Crippen LogP contribution in [-0.2, 0) is 13.1 Å². The molecule has 8 aromatic rings. The topological polar surface area (TPSA) is 163 Å². The van der Waals surface area contributed by atoms with Crippen molar-refractivity contribution in [3.05, 3.63) is 120 Å². The van der Waals surface area contributed by atoms with Gasteiger partial charge in [-0.2, -0.15) is 0 Å². The molecule has 0 radical (unpaired) electrons. The standard InChI is InChI=1S/C21H21N5O2.C20H19N5O2/c1-13-9-10-15-17(11-13)22-20(16-7-5-6-8-18(16)27-4)23-21(15)26(3)12-19-25-24-14(2)28-19;1-12-8-9-14-16(10-12)22-20(15-6-4-5-7-17(15)26-3)23-19(14)21-11-18-25-24-13(2)27-18/h5-11H,12H2,1-4H3;4-10H,11H2,1-3H3,(H,21,22,23). The Hall–Kier alpha value is -6.96. The molecule has 4 heterocycles. The molecule has 14 nitrogen and oxygen atoms in total. The minimum atomic E-state index is 0.381. The van der Waals surface area contributed by atoms with Gasteiger partial charge in [0, 0.05) is 31.7 Å². The third kappa shape index (κ3) is 8.18. The van der Waals surface area contributed by atoms with Crippen molar-refractivity contribution in [2.45, 2.75) is 40.8 Å². The minimum absolute atomic E-state index is 0.381. The maximum Gasteiger partial charge on any atom is 0.235 e. The smallest absolute Gasteiger partial charge is 0.235 e. The van der Waals surface area contributed by atoms with E-state index in [-0.39, 0.29) is 0 Å².